The average Bonchev–Trinajstić information content (AvgIpc) is 3.04. The third-order valence-electron chi connectivity index (χ3n) is 5.92. The highest BCUT2D eigenvalue weighted by Gasteiger charge is 2.27. The van der Waals surface area contributed by atoms with Crippen molar-refractivity contribution in [3.63, 3.8) is 0 Å². The van der Waals surface area contributed by atoms with Crippen molar-refractivity contribution in [3.8, 4) is 23.0 Å². The minimum Gasteiger partial charge on any atom is -0.496 e. The lowest BCUT2D eigenvalue weighted by Crippen LogP contribution is -2.30. The molecule has 4 rings (SSSR count). The van der Waals surface area contributed by atoms with Crippen molar-refractivity contribution in [1.82, 2.24) is 4.90 Å². The van der Waals surface area contributed by atoms with Gasteiger partial charge >= 0.3 is 0 Å². The second kappa shape index (κ2) is 10.1. The summed E-state index contributed by atoms with van der Waals surface area (Å²) in [6.45, 7) is 4.61. The van der Waals surface area contributed by atoms with Crippen molar-refractivity contribution in [2.75, 3.05) is 34.0 Å². The van der Waals surface area contributed by atoms with Crippen LogP contribution in [0.2, 0.25) is 0 Å². The number of methoxy groups -OCH3 is 2. The first-order valence-electron chi connectivity index (χ1n) is 11.1. The maximum atomic E-state index is 11.1. The first-order chi connectivity index (χ1) is 16.0. The van der Waals surface area contributed by atoms with Gasteiger partial charge in [-0.3, -0.25) is 4.90 Å². The van der Waals surface area contributed by atoms with Gasteiger partial charge in [0.15, 0.2) is 0 Å². The third kappa shape index (κ3) is 5.41. The summed E-state index contributed by atoms with van der Waals surface area (Å²) in [7, 11) is 3.34. The zero-order chi connectivity index (χ0) is 23.3. The SMILES string of the molecule is COc1cccc(OC)c1CN1CCOc2ccc([C@@](C)(O)COc3ccccc3)cc2C1. The Balaban J connectivity index is 1.53. The Kier molecular flexibility index (Phi) is 7.06. The van der Waals surface area contributed by atoms with Crippen LogP contribution in [-0.2, 0) is 18.7 Å². The summed E-state index contributed by atoms with van der Waals surface area (Å²) in [6, 6.07) is 21.2. The van der Waals surface area contributed by atoms with Crippen molar-refractivity contribution in [3.05, 3.63) is 83.4 Å². The van der Waals surface area contributed by atoms with E-state index < -0.39 is 5.60 Å². The number of hydrogen-bond acceptors (Lipinski definition) is 6. The topological polar surface area (TPSA) is 60.4 Å². The van der Waals surface area contributed by atoms with Gasteiger partial charge in [0.1, 0.15) is 41.8 Å². The summed E-state index contributed by atoms with van der Waals surface area (Å²) in [5.41, 5.74) is 1.68. The van der Waals surface area contributed by atoms with Crippen LogP contribution in [0.3, 0.4) is 0 Å². The second-order valence-electron chi connectivity index (χ2n) is 8.40. The lowest BCUT2D eigenvalue weighted by Gasteiger charge is -2.26. The number of para-hydroxylation sites is 1. The minimum atomic E-state index is -1.14. The number of aliphatic hydroxyl groups is 1. The van der Waals surface area contributed by atoms with E-state index in [1.807, 2.05) is 66.7 Å². The van der Waals surface area contributed by atoms with Gasteiger partial charge in [-0.25, -0.2) is 0 Å². The highest BCUT2D eigenvalue weighted by Crippen LogP contribution is 2.33. The van der Waals surface area contributed by atoms with E-state index >= 15 is 0 Å². The molecule has 6 nitrogen and oxygen atoms in total. The zero-order valence-electron chi connectivity index (χ0n) is 19.4. The van der Waals surface area contributed by atoms with Gasteiger partial charge < -0.3 is 24.1 Å². The van der Waals surface area contributed by atoms with E-state index in [9.17, 15) is 5.11 Å². The predicted octanol–water partition coefficient (Wildman–Crippen LogP) is 4.38. The molecule has 0 radical (unpaired) electrons. The van der Waals surface area contributed by atoms with Gasteiger partial charge in [-0.05, 0) is 48.9 Å². The number of fused-ring (bicyclic) bond motifs is 1. The minimum absolute atomic E-state index is 0.152. The fourth-order valence-corrected chi connectivity index (χ4v) is 4.05. The van der Waals surface area contributed by atoms with Gasteiger partial charge in [-0.1, -0.05) is 30.3 Å². The number of ether oxygens (including phenoxy) is 4. The Hall–Kier alpha value is -3.22. The Labute approximate surface area is 195 Å². The molecule has 33 heavy (non-hydrogen) atoms. The molecular weight excluding hydrogens is 418 g/mol. The molecule has 1 heterocycles. The molecule has 0 aliphatic carbocycles. The molecule has 0 fully saturated rings. The number of benzene rings is 3. The lowest BCUT2D eigenvalue weighted by atomic mass is 9.94. The van der Waals surface area contributed by atoms with Crippen LogP contribution in [0, 0.1) is 0 Å². The van der Waals surface area contributed by atoms with Crippen LogP contribution in [0.1, 0.15) is 23.6 Å². The molecule has 1 aliphatic rings. The monoisotopic (exact) mass is 449 g/mol. The average molecular weight is 450 g/mol. The molecule has 0 saturated heterocycles. The summed E-state index contributed by atoms with van der Waals surface area (Å²) in [6.07, 6.45) is 0. The van der Waals surface area contributed by atoms with Crippen molar-refractivity contribution in [2.24, 2.45) is 0 Å². The van der Waals surface area contributed by atoms with Crippen LogP contribution in [0.25, 0.3) is 0 Å². The van der Waals surface area contributed by atoms with Crippen molar-refractivity contribution in [2.45, 2.75) is 25.6 Å². The molecular formula is C27H31NO5. The van der Waals surface area contributed by atoms with E-state index in [0.29, 0.717) is 19.7 Å². The standard InChI is InChI=1S/C27H31NO5/c1-27(29,19-33-22-8-5-4-6-9-22)21-12-13-24-20(16-21)17-28(14-15-32-24)18-23-25(30-2)10-7-11-26(23)31-3/h4-13,16,29H,14-15,17-19H2,1-3H3/t27-/m0/s1. The highest BCUT2D eigenvalue weighted by molar-refractivity contribution is 5.45. The smallest absolute Gasteiger partial charge is 0.127 e. The van der Waals surface area contributed by atoms with Crippen LogP contribution >= 0.6 is 0 Å². The van der Waals surface area contributed by atoms with E-state index in [0.717, 1.165) is 46.2 Å². The van der Waals surface area contributed by atoms with Crippen LogP contribution in [-0.4, -0.2) is 44.0 Å². The van der Waals surface area contributed by atoms with Gasteiger partial charge in [0.25, 0.3) is 0 Å². The molecule has 0 saturated carbocycles. The van der Waals surface area contributed by atoms with Gasteiger partial charge in [0, 0.05) is 25.2 Å². The fourth-order valence-electron chi connectivity index (χ4n) is 4.05. The van der Waals surface area contributed by atoms with Gasteiger partial charge in [-0.15, -0.1) is 0 Å². The Morgan fingerprint density at radius 3 is 2.39 bits per heavy atom. The van der Waals surface area contributed by atoms with Crippen molar-refractivity contribution < 1.29 is 24.1 Å². The largest absolute Gasteiger partial charge is 0.496 e. The summed E-state index contributed by atoms with van der Waals surface area (Å²) in [4.78, 5) is 2.30. The Morgan fingerprint density at radius 2 is 1.70 bits per heavy atom. The van der Waals surface area contributed by atoms with Crippen molar-refractivity contribution in [1.29, 1.82) is 0 Å². The first kappa shape index (κ1) is 23.0. The summed E-state index contributed by atoms with van der Waals surface area (Å²) in [5.74, 6) is 3.17. The highest BCUT2D eigenvalue weighted by atomic mass is 16.5. The lowest BCUT2D eigenvalue weighted by molar-refractivity contribution is 0.00748. The number of hydrogen-bond donors (Lipinski definition) is 1. The molecule has 0 aromatic heterocycles. The van der Waals surface area contributed by atoms with Crippen LogP contribution in [0.15, 0.2) is 66.7 Å². The second-order valence-corrected chi connectivity index (χ2v) is 8.40. The van der Waals surface area contributed by atoms with Gasteiger partial charge in [0.2, 0.25) is 0 Å². The van der Waals surface area contributed by atoms with E-state index in [2.05, 4.69) is 4.90 Å². The number of rotatable bonds is 8. The van der Waals surface area contributed by atoms with Crippen LogP contribution in [0.4, 0.5) is 0 Å². The normalized spacial score (nSPS) is 15.5. The van der Waals surface area contributed by atoms with E-state index in [4.69, 9.17) is 18.9 Å². The molecule has 0 amide bonds. The van der Waals surface area contributed by atoms with Crippen LogP contribution < -0.4 is 18.9 Å². The quantitative estimate of drug-likeness (QED) is 0.551. The predicted molar refractivity (Wildman–Crippen MR) is 127 cm³/mol. The van der Waals surface area contributed by atoms with E-state index in [-0.39, 0.29) is 6.61 Å². The van der Waals surface area contributed by atoms with E-state index in [1.54, 1.807) is 21.1 Å². The summed E-state index contributed by atoms with van der Waals surface area (Å²) < 4.78 is 23.0. The van der Waals surface area contributed by atoms with Gasteiger partial charge in [-0.2, -0.15) is 0 Å². The Morgan fingerprint density at radius 1 is 0.970 bits per heavy atom. The number of nitrogens with zero attached hydrogens (tertiary/aromatic N) is 1. The Bertz CT molecular complexity index is 1050. The third-order valence-corrected chi connectivity index (χ3v) is 5.92. The molecule has 0 spiro atoms. The maximum absolute atomic E-state index is 11.1. The van der Waals surface area contributed by atoms with Crippen LogP contribution in [0.5, 0.6) is 23.0 Å². The maximum Gasteiger partial charge on any atom is 0.127 e. The molecule has 1 atom stereocenters. The molecule has 3 aromatic carbocycles. The summed E-state index contributed by atoms with van der Waals surface area (Å²) in [5, 5.41) is 11.1. The zero-order valence-corrected chi connectivity index (χ0v) is 19.4. The molecule has 1 aliphatic heterocycles. The van der Waals surface area contributed by atoms with Crippen molar-refractivity contribution >= 4 is 0 Å². The fraction of sp³-hybridized carbons (Fsp3) is 0.333. The molecule has 3 aromatic rings. The molecule has 174 valence electrons. The van der Waals surface area contributed by atoms with Gasteiger partial charge in [0.05, 0.1) is 19.8 Å². The van der Waals surface area contributed by atoms with E-state index in [1.165, 1.54) is 0 Å². The molecule has 0 bridgehead atoms. The molecule has 0 unspecified atom stereocenters. The first-order valence-corrected chi connectivity index (χ1v) is 11.1. The molecule has 6 heteroatoms. The molecule has 1 N–H and O–H groups in total. The summed E-state index contributed by atoms with van der Waals surface area (Å²) >= 11 is 0.